The van der Waals surface area contributed by atoms with Crippen LogP contribution in [0.15, 0.2) is 45.8 Å². The normalized spacial score (nSPS) is 16.5. The maximum Gasteiger partial charge on any atom is 0.196 e. The van der Waals surface area contributed by atoms with Gasteiger partial charge in [0.15, 0.2) is 5.88 Å². The Morgan fingerprint density at radius 3 is 2.55 bits per heavy atom. The van der Waals surface area contributed by atoms with E-state index in [2.05, 4.69) is 48.0 Å². The number of furan rings is 1. The maximum atomic E-state index is 5.85. The van der Waals surface area contributed by atoms with E-state index in [0.29, 0.717) is 5.92 Å². The third-order valence-corrected chi connectivity index (χ3v) is 4.45. The van der Waals surface area contributed by atoms with Gasteiger partial charge >= 0.3 is 0 Å². The fraction of sp³-hybridized carbons (Fsp3) is 0.421. The molecule has 116 valence electrons. The molecule has 22 heavy (non-hydrogen) atoms. The summed E-state index contributed by atoms with van der Waals surface area (Å²) in [6.45, 7) is 6.66. The minimum absolute atomic E-state index is 0.603. The number of nitrogens with zero attached hydrogens (tertiary/aromatic N) is 2. The maximum absolute atomic E-state index is 5.85. The van der Waals surface area contributed by atoms with Gasteiger partial charge in [-0.1, -0.05) is 26.0 Å². The molecule has 0 saturated carbocycles. The second-order valence-corrected chi connectivity index (χ2v) is 6.03. The molecule has 0 unspecified atom stereocenters. The largest absolute Gasteiger partial charge is 0.440 e. The zero-order chi connectivity index (χ0) is 15.4. The Morgan fingerprint density at radius 2 is 1.86 bits per heavy atom. The van der Waals surface area contributed by atoms with E-state index in [1.165, 1.54) is 18.4 Å². The van der Waals surface area contributed by atoms with Crippen LogP contribution in [0.3, 0.4) is 0 Å². The Kier molecular flexibility index (Phi) is 4.62. The van der Waals surface area contributed by atoms with Crippen molar-refractivity contribution in [1.82, 2.24) is 0 Å². The summed E-state index contributed by atoms with van der Waals surface area (Å²) in [5.74, 6) is 2.38. The predicted molar refractivity (Wildman–Crippen MR) is 92.6 cm³/mol. The first-order valence-corrected chi connectivity index (χ1v) is 8.25. The van der Waals surface area contributed by atoms with Crippen molar-refractivity contribution >= 4 is 17.8 Å². The first kappa shape index (κ1) is 14.9. The van der Waals surface area contributed by atoms with Crippen molar-refractivity contribution in [2.24, 2.45) is 4.99 Å². The average molecular weight is 296 g/mol. The SMILES string of the molecule is CC[C@H](C)c1ccc(N=Cc2ccc(N3CCCC3)o2)cc1. The minimum atomic E-state index is 0.603. The molecule has 2 aromatic rings. The summed E-state index contributed by atoms with van der Waals surface area (Å²) in [5, 5.41) is 0. The van der Waals surface area contributed by atoms with Gasteiger partial charge in [0.05, 0.1) is 11.9 Å². The highest BCUT2D eigenvalue weighted by Crippen LogP contribution is 2.24. The number of aliphatic imine (C=N–C) groups is 1. The standard InChI is InChI=1S/C19H24N2O/c1-3-15(2)16-6-8-17(9-7-16)20-14-18-10-11-19(22-18)21-12-4-5-13-21/h6-11,14-15H,3-5,12-13H2,1-2H3/t15-/m0/s1. The summed E-state index contributed by atoms with van der Waals surface area (Å²) in [4.78, 5) is 6.80. The van der Waals surface area contributed by atoms with Crippen LogP contribution < -0.4 is 4.90 Å². The molecule has 0 bridgehead atoms. The fourth-order valence-electron chi connectivity index (χ4n) is 2.78. The molecule has 2 heterocycles. The van der Waals surface area contributed by atoms with E-state index in [0.717, 1.165) is 36.8 Å². The monoisotopic (exact) mass is 296 g/mol. The van der Waals surface area contributed by atoms with Gasteiger partial charge in [-0.3, -0.25) is 4.99 Å². The molecule has 1 fully saturated rings. The number of anilines is 1. The van der Waals surface area contributed by atoms with Gasteiger partial charge in [0.2, 0.25) is 0 Å². The zero-order valence-electron chi connectivity index (χ0n) is 13.5. The fourth-order valence-corrected chi connectivity index (χ4v) is 2.78. The lowest BCUT2D eigenvalue weighted by molar-refractivity contribution is 0.550. The Labute approximate surface area is 132 Å². The number of hydrogen-bond donors (Lipinski definition) is 0. The van der Waals surface area contributed by atoms with Crippen LogP contribution in [-0.2, 0) is 0 Å². The van der Waals surface area contributed by atoms with Crippen molar-refractivity contribution in [1.29, 1.82) is 0 Å². The molecular formula is C19H24N2O. The summed E-state index contributed by atoms with van der Waals surface area (Å²) in [5.41, 5.74) is 2.34. The summed E-state index contributed by atoms with van der Waals surface area (Å²) < 4.78 is 5.85. The molecule has 0 N–H and O–H groups in total. The van der Waals surface area contributed by atoms with Crippen LogP contribution in [-0.4, -0.2) is 19.3 Å². The first-order chi connectivity index (χ1) is 10.8. The van der Waals surface area contributed by atoms with Gasteiger partial charge < -0.3 is 9.32 Å². The van der Waals surface area contributed by atoms with Crippen LogP contribution in [0.4, 0.5) is 11.6 Å². The van der Waals surface area contributed by atoms with Crippen molar-refractivity contribution in [2.75, 3.05) is 18.0 Å². The molecular weight excluding hydrogens is 272 g/mol. The summed E-state index contributed by atoms with van der Waals surface area (Å²) in [6, 6.07) is 12.5. The Bertz CT molecular complexity index is 621. The molecule has 0 radical (unpaired) electrons. The number of hydrogen-bond acceptors (Lipinski definition) is 3. The molecule has 1 aromatic carbocycles. The van der Waals surface area contributed by atoms with Crippen LogP contribution in [0, 0.1) is 0 Å². The van der Waals surface area contributed by atoms with Crippen molar-refractivity contribution in [2.45, 2.75) is 39.0 Å². The van der Waals surface area contributed by atoms with Crippen LogP contribution in [0.2, 0.25) is 0 Å². The number of rotatable bonds is 5. The lowest BCUT2D eigenvalue weighted by atomic mass is 9.99. The van der Waals surface area contributed by atoms with E-state index in [1.54, 1.807) is 6.21 Å². The molecule has 0 amide bonds. The van der Waals surface area contributed by atoms with E-state index < -0.39 is 0 Å². The Balaban J connectivity index is 1.66. The molecule has 3 nitrogen and oxygen atoms in total. The zero-order valence-corrected chi connectivity index (χ0v) is 13.5. The molecule has 1 aliphatic rings. The van der Waals surface area contributed by atoms with Gasteiger partial charge in [-0.2, -0.15) is 0 Å². The van der Waals surface area contributed by atoms with Gasteiger partial charge in [-0.15, -0.1) is 0 Å². The molecule has 3 rings (SSSR count). The molecule has 1 aliphatic heterocycles. The minimum Gasteiger partial charge on any atom is -0.440 e. The van der Waals surface area contributed by atoms with Gasteiger partial charge in [-0.05, 0) is 48.9 Å². The molecule has 0 spiro atoms. The van der Waals surface area contributed by atoms with Crippen LogP contribution in [0.5, 0.6) is 0 Å². The number of benzene rings is 1. The molecule has 0 aliphatic carbocycles. The van der Waals surface area contributed by atoms with Crippen molar-refractivity contribution < 1.29 is 4.42 Å². The van der Waals surface area contributed by atoms with Gasteiger partial charge in [-0.25, -0.2) is 0 Å². The lowest BCUT2D eigenvalue weighted by Gasteiger charge is -2.12. The third-order valence-electron chi connectivity index (χ3n) is 4.45. The Hall–Kier alpha value is -2.03. The second-order valence-electron chi connectivity index (χ2n) is 6.03. The average Bonchev–Trinajstić information content (AvgIpc) is 3.23. The highest BCUT2D eigenvalue weighted by Gasteiger charge is 2.15. The van der Waals surface area contributed by atoms with E-state index >= 15 is 0 Å². The highest BCUT2D eigenvalue weighted by molar-refractivity contribution is 5.79. The van der Waals surface area contributed by atoms with Crippen LogP contribution in [0.1, 0.15) is 50.4 Å². The van der Waals surface area contributed by atoms with E-state index in [1.807, 2.05) is 12.1 Å². The first-order valence-electron chi connectivity index (χ1n) is 8.25. The van der Waals surface area contributed by atoms with Crippen molar-refractivity contribution in [3.63, 3.8) is 0 Å². The van der Waals surface area contributed by atoms with Crippen LogP contribution >= 0.6 is 0 Å². The van der Waals surface area contributed by atoms with E-state index in [-0.39, 0.29) is 0 Å². The van der Waals surface area contributed by atoms with Crippen molar-refractivity contribution in [3.8, 4) is 0 Å². The summed E-state index contributed by atoms with van der Waals surface area (Å²) >= 11 is 0. The second kappa shape index (κ2) is 6.82. The predicted octanol–water partition coefficient (Wildman–Crippen LogP) is 5.14. The van der Waals surface area contributed by atoms with Gasteiger partial charge in [0.1, 0.15) is 5.76 Å². The van der Waals surface area contributed by atoms with Crippen LogP contribution in [0.25, 0.3) is 0 Å². The molecule has 3 heteroatoms. The smallest absolute Gasteiger partial charge is 0.196 e. The summed E-state index contributed by atoms with van der Waals surface area (Å²) in [7, 11) is 0. The Morgan fingerprint density at radius 1 is 1.14 bits per heavy atom. The quantitative estimate of drug-likeness (QED) is 0.714. The molecule has 1 atom stereocenters. The third kappa shape index (κ3) is 3.41. The van der Waals surface area contributed by atoms with E-state index in [9.17, 15) is 0 Å². The topological polar surface area (TPSA) is 28.7 Å². The van der Waals surface area contributed by atoms with Gasteiger partial charge in [0, 0.05) is 19.2 Å². The molecule has 1 saturated heterocycles. The van der Waals surface area contributed by atoms with E-state index in [4.69, 9.17) is 4.42 Å². The summed E-state index contributed by atoms with van der Waals surface area (Å²) in [6.07, 6.45) is 5.48. The van der Waals surface area contributed by atoms with Gasteiger partial charge in [0.25, 0.3) is 0 Å². The molecule has 1 aromatic heterocycles. The highest BCUT2D eigenvalue weighted by atomic mass is 16.4. The lowest BCUT2D eigenvalue weighted by Crippen LogP contribution is -2.16. The van der Waals surface area contributed by atoms with Crippen molar-refractivity contribution in [3.05, 3.63) is 47.7 Å².